The second-order valence-electron chi connectivity index (χ2n) is 6.08. The van der Waals surface area contributed by atoms with Gasteiger partial charge in [-0.3, -0.25) is 4.79 Å². The number of nitrogens with one attached hydrogen (secondary N) is 1. The van der Waals surface area contributed by atoms with Gasteiger partial charge in [0.25, 0.3) is 0 Å². The van der Waals surface area contributed by atoms with Crippen LogP contribution in [0.5, 0.6) is 5.75 Å². The molecule has 0 fully saturated rings. The maximum Gasteiger partial charge on any atom is 0.245 e. The van der Waals surface area contributed by atoms with Gasteiger partial charge in [0.05, 0.1) is 17.8 Å². The number of aromatic nitrogens is 1. The Kier molecular flexibility index (Phi) is 5.85. The van der Waals surface area contributed by atoms with Gasteiger partial charge in [0, 0.05) is 17.4 Å². The van der Waals surface area contributed by atoms with E-state index in [9.17, 15) is 4.79 Å². The molecular formula is C17H22ClN3O2S. The highest BCUT2D eigenvalue weighted by molar-refractivity contribution is 7.14. The van der Waals surface area contributed by atoms with Crippen molar-refractivity contribution in [2.24, 2.45) is 5.73 Å². The molecule has 1 unspecified atom stereocenters. The molecule has 7 heteroatoms. The summed E-state index contributed by atoms with van der Waals surface area (Å²) in [5.41, 5.74) is 8.28. The maximum absolute atomic E-state index is 12.2. The minimum atomic E-state index is -0.870. The van der Waals surface area contributed by atoms with Gasteiger partial charge >= 0.3 is 0 Å². The monoisotopic (exact) mass is 367 g/mol. The molecule has 0 aliphatic carbocycles. The first-order valence-electron chi connectivity index (χ1n) is 7.81. The molecule has 1 aliphatic heterocycles. The quantitative estimate of drug-likeness (QED) is 0.846. The first-order valence-corrected chi connectivity index (χ1v) is 8.69. The number of hydrogen-bond donors (Lipinski definition) is 2. The van der Waals surface area contributed by atoms with Crippen molar-refractivity contribution in [3.05, 3.63) is 29.1 Å². The zero-order chi connectivity index (χ0) is 16.4. The minimum absolute atomic E-state index is 0. The van der Waals surface area contributed by atoms with Crippen molar-refractivity contribution in [2.45, 2.75) is 38.6 Å². The van der Waals surface area contributed by atoms with E-state index in [2.05, 4.69) is 16.4 Å². The van der Waals surface area contributed by atoms with Gasteiger partial charge in [0.15, 0.2) is 5.13 Å². The molecule has 2 aromatic rings. The zero-order valence-corrected chi connectivity index (χ0v) is 15.4. The number of fused-ring (bicyclic) bond motifs is 1. The first kappa shape index (κ1) is 18.7. The second kappa shape index (κ2) is 7.51. The number of halogens is 1. The Bertz CT molecular complexity index is 730. The lowest BCUT2D eigenvalue weighted by atomic mass is 9.97. The molecule has 24 heavy (non-hydrogen) atoms. The fraction of sp³-hybridized carbons (Fsp3) is 0.412. The third-order valence-electron chi connectivity index (χ3n) is 4.00. The van der Waals surface area contributed by atoms with E-state index in [1.807, 2.05) is 24.4 Å². The predicted octanol–water partition coefficient (Wildman–Crippen LogP) is 3.62. The molecule has 0 saturated heterocycles. The van der Waals surface area contributed by atoms with Gasteiger partial charge in [-0.05, 0) is 37.1 Å². The summed E-state index contributed by atoms with van der Waals surface area (Å²) in [6.45, 7) is 4.50. The van der Waals surface area contributed by atoms with Crippen molar-refractivity contribution in [3.8, 4) is 17.0 Å². The molecule has 1 aromatic carbocycles. The second-order valence-corrected chi connectivity index (χ2v) is 6.94. The summed E-state index contributed by atoms with van der Waals surface area (Å²) in [5, 5.41) is 5.35. The number of benzene rings is 1. The number of carbonyl (C=O) groups is 1. The van der Waals surface area contributed by atoms with E-state index >= 15 is 0 Å². The van der Waals surface area contributed by atoms with Gasteiger partial charge in [-0.25, -0.2) is 4.98 Å². The number of anilines is 1. The lowest BCUT2D eigenvalue weighted by molar-refractivity contribution is -0.120. The molecular weight excluding hydrogens is 346 g/mol. The van der Waals surface area contributed by atoms with Crippen molar-refractivity contribution in [1.29, 1.82) is 0 Å². The third-order valence-corrected chi connectivity index (χ3v) is 4.76. The Balaban J connectivity index is 0.00000208. The first-order chi connectivity index (χ1) is 11.0. The Morgan fingerprint density at radius 1 is 1.50 bits per heavy atom. The number of thiazole rings is 1. The summed E-state index contributed by atoms with van der Waals surface area (Å²) in [7, 11) is 0. The van der Waals surface area contributed by atoms with Gasteiger partial charge < -0.3 is 15.8 Å². The topological polar surface area (TPSA) is 77.2 Å². The van der Waals surface area contributed by atoms with Gasteiger partial charge in [-0.15, -0.1) is 23.7 Å². The number of nitrogens with zero attached hydrogens (tertiary/aromatic N) is 1. The number of hydrogen-bond acceptors (Lipinski definition) is 5. The average molecular weight is 368 g/mol. The van der Waals surface area contributed by atoms with Crippen molar-refractivity contribution in [2.75, 3.05) is 11.9 Å². The van der Waals surface area contributed by atoms with Gasteiger partial charge in [0.1, 0.15) is 5.75 Å². The molecule has 0 saturated carbocycles. The van der Waals surface area contributed by atoms with Crippen LogP contribution in [-0.2, 0) is 11.2 Å². The molecule has 1 aromatic heterocycles. The van der Waals surface area contributed by atoms with Crippen LogP contribution in [-0.4, -0.2) is 23.0 Å². The zero-order valence-electron chi connectivity index (χ0n) is 13.8. The smallest absolute Gasteiger partial charge is 0.245 e. The fourth-order valence-corrected chi connectivity index (χ4v) is 3.40. The molecule has 0 bridgehead atoms. The van der Waals surface area contributed by atoms with Crippen LogP contribution in [0.3, 0.4) is 0 Å². The Hall–Kier alpha value is -1.63. The summed E-state index contributed by atoms with van der Waals surface area (Å²) in [5.74, 6) is 0.763. The van der Waals surface area contributed by atoms with Crippen molar-refractivity contribution in [3.63, 3.8) is 0 Å². The van der Waals surface area contributed by atoms with Crippen LogP contribution in [0.1, 0.15) is 32.3 Å². The largest absolute Gasteiger partial charge is 0.493 e. The predicted molar refractivity (Wildman–Crippen MR) is 100 cm³/mol. The van der Waals surface area contributed by atoms with E-state index in [1.54, 1.807) is 6.92 Å². The summed E-state index contributed by atoms with van der Waals surface area (Å²) < 4.78 is 5.52. The van der Waals surface area contributed by atoms with E-state index in [1.165, 1.54) is 16.9 Å². The number of nitrogens with two attached hydrogens (primary N) is 1. The van der Waals surface area contributed by atoms with Gasteiger partial charge in [-0.1, -0.05) is 13.3 Å². The van der Waals surface area contributed by atoms with Gasteiger partial charge in [-0.2, -0.15) is 0 Å². The molecule has 0 radical (unpaired) electrons. The number of carbonyl (C=O) groups excluding carboxylic acids is 1. The molecule has 130 valence electrons. The van der Waals surface area contributed by atoms with E-state index in [0.717, 1.165) is 36.5 Å². The molecule has 3 N–H and O–H groups in total. The molecule has 5 nitrogen and oxygen atoms in total. The van der Waals surface area contributed by atoms with Crippen molar-refractivity contribution < 1.29 is 9.53 Å². The van der Waals surface area contributed by atoms with Crippen LogP contribution in [0.2, 0.25) is 0 Å². The number of rotatable bonds is 5. The Labute approximate surface area is 152 Å². The molecule has 3 rings (SSSR count). The van der Waals surface area contributed by atoms with Crippen LogP contribution < -0.4 is 15.8 Å². The van der Waals surface area contributed by atoms with E-state index in [4.69, 9.17) is 10.5 Å². The minimum Gasteiger partial charge on any atom is -0.493 e. The highest BCUT2D eigenvalue weighted by Crippen LogP contribution is 2.32. The standard InChI is InChI=1S/C17H21N3O2S.ClH/c1-3-7-17(2,18)15(21)20-16-19-13(10-23-16)11-4-5-14-12(9-11)6-8-22-14;/h4-5,9-10H,3,6-8,18H2,1-2H3,(H,19,20,21);1H. The summed E-state index contributed by atoms with van der Waals surface area (Å²) in [6.07, 6.45) is 2.43. The summed E-state index contributed by atoms with van der Waals surface area (Å²) in [6, 6.07) is 6.08. The number of ether oxygens (including phenoxy) is 1. The highest BCUT2D eigenvalue weighted by Gasteiger charge is 2.27. The summed E-state index contributed by atoms with van der Waals surface area (Å²) in [4.78, 5) is 16.7. The van der Waals surface area contributed by atoms with Crippen LogP contribution in [0.4, 0.5) is 5.13 Å². The van der Waals surface area contributed by atoms with Crippen molar-refractivity contribution in [1.82, 2.24) is 4.98 Å². The molecule has 1 aliphatic rings. The molecule has 0 spiro atoms. The van der Waals surface area contributed by atoms with Crippen molar-refractivity contribution >= 4 is 34.8 Å². The lowest BCUT2D eigenvalue weighted by Gasteiger charge is -2.21. The molecule has 2 heterocycles. The van der Waals surface area contributed by atoms with Crippen LogP contribution in [0.15, 0.2) is 23.6 Å². The van der Waals surface area contributed by atoms with Crippen LogP contribution in [0, 0.1) is 0 Å². The molecule has 1 atom stereocenters. The highest BCUT2D eigenvalue weighted by atomic mass is 35.5. The Morgan fingerprint density at radius 2 is 2.29 bits per heavy atom. The SMILES string of the molecule is CCCC(C)(N)C(=O)Nc1nc(-c2ccc3c(c2)CCO3)cs1.Cl. The lowest BCUT2D eigenvalue weighted by Crippen LogP contribution is -2.48. The Morgan fingerprint density at radius 3 is 3.04 bits per heavy atom. The van der Waals surface area contributed by atoms with E-state index in [-0.39, 0.29) is 18.3 Å². The number of amides is 1. The molecule has 1 amide bonds. The average Bonchev–Trinajstić information content (AvgIpc) is 3.14. The van der Waals surface area contributed by atoms with E-state index in [0.29, 0.717) is 11.6 Å². The van der Waals surface area contributed by atoms with Crippen LogP contribution >= 0.6 is 23.7 Å². The maximum atomic E-state index is 12.2. The summed E-state index contributed by atoms with van der Waals surface area (Å²) >= 11 is 1.41. The third kappa shape index (κ3) is 3.88. The van der Waals surface area contributed by atoms with E-state index < -0.39 is 5.54 Å². The van der Waals surface area contributed by atoms with Crippen LogP contribution in [0.25, 0.3) is 11.3 Å². The fourth-order valence-electron chi connectivity index (χ4n) is 2.68. The van der Waals surface area contributed by atoms with Gasteiger partial charge in [0.2, 0.25) is 5.91 Å². The normalized spacial score (nSPS) is 15.0.